The number of hydrogen-bond acceptors (Lipinski definition) is 5. The van der Waals surface area contributed by atoms with Gasteiger partial charge in [-0.25, -0.2) is 0 Å². The molecule has 0 aliphatic heterocycles. The van der Waals surface area contributed by atoms with Crippen molar-refractivity contribution in [3.63, 3.8) is 0 Å². The summed E-state index contributed by atoms with van der Waals surface area (Å²) in [5.41, 5.74) is 0. The van der Waals surface area contributed by atoms with Crippen LogP contribution in [0.1, 0.15) is 11.8 Å². The van der Waals surface area contributed by atoms with Gasteiger partial charge in [0.15, 0.2) is 10.2 Å². The standard InChI is InChI=1S/C13H14O2S3/c1-9(14)16-8-7-10-3-4-11(17-10)12-5-6-13(15-2)18-12/h3-6H,7-8H2,1-2H3. The van der Waals surface area contributed by atoms with Crippen LogP contribution in [0, 0.1) is 0 Å². The van der Waals surface area contributed by atoms with Crippen molar-refractivity contribution in [3.8, 4) is 14.8 Å². The van der Waals surface area contributed by atoms with Gasteiger partial charge in [-0.1, -0.05) is 23.1 Å². The van der Waals surface area contributed by atoms with Gasteiger partial charge in [-0.2, -0.15) is 0 Å². The van der Waals surface area contributed by atoms with E-state index in [1.165, 1.54) is 26.4 Å². The van der Waals surface area contributed by atoms with Gasteiger partial charge in [0, 0.05) is 27.3 Å². The highest BCUT2D eigenvalue weighted by Crippen LogP contribution is 2.36. The summed E-state index contributed by atoms with van der Waals surface area (Å²) in [6, 6.07) is 8.37. The molecule has 2 rings (SSSR count). The smallest absolute Gasteiger partial charge is 0.185 e. The van der Waals surface area contributed by atoms with Crippen LogP contribution in [0.2, 0.25) is 0 Å². The van der Waals surface area contributed by atoms with Crippen molar-refractivity contribution in [1.29, 1.82) is 0 Å². The molecule has 5 heteroatoms. The van der Waals surface area contributed by atoms with Crippen molar-refractivity contribution in [1.82, 2.24) is 0 Å². The molecule has 0 saturated carbocycles. The fraction of sp³-hybridized carbons (Fsp3) is 0.308. The Morgan fingerprint density at radius 3 is 2.61 bits per heavy atom. The summed E-state index contributed by atoms with van der Waals surface area (Å²) in [7, 11) is 1.69. The molecule has 0 fully saturated rings. The van der Waals surface area contributed by atoms with Gasteiger partial charge >= 0.3 is 0 Å². The third-order valence-electron chi connectivity index (χ3n) is 2.34. The summed E-state index contributed by atoms with van der Waals surface area (Å²) < 4.78 is 5.20. The van der Waals surface area contributed by atoms with Crippen LogP contribution in [-0.4, -0.2) is 18.0 Å². The number of carbonyl (C=O) groups excluding carboxylic acids is 1. The number of carbonyl (C=O) groups is 1. The van der Waals surface area contributed by atoms with Gasteiger partial charge in [-0.05, 0) is 30.7 Å². The molecule has 0 aliphatic rings. The third-order valence-corrected chi connectivity index (χ3v) is 5.54. The maximum Gasteiger partial charge on any atom is 0.185 e. The zero-order valence-corrected chi connectivity index (χ0v) is 12.7. The molecule has 2 heterocycles. The van der Waals surface area contributed by atoms with Crippen molar-refractivity contribution in [2.75, 3.05) is 12.9 Å². The molecule has 0 radical (unpaired) electrons. The zero-order valence-electron chi connectivity index (χ0n) is 10.3. The van der Waals surface area contributed by atoms with Crippen LogP contribution in [0.15, 0.2) is 24.3 Å². The van der Waals surface area contributed by atoms with Gasteiger partial charge in [-0.15, -0.1) is 11.3 Å². The van der Waals surface area contributed by atoms with Crippen molar-refractivity contribution in [2.24, 2.45) is 0 Å². The molecule has 0 amide bonds. The minimum atomic E-state index is 0.190. The van der Waals surface area contributed by atoms with E-state index in [0.29, 0.717) is 0 Å². The Hall–Kier alpha value is -0.780. The zero-order chi connectivity index (χ0) is 13.0. The van der Waals surface area contributed by atoms with E-state index in [-0.39, 0.29) is 5.12 Å². The molecule has 18 heavy (non-hydrogen) atoms. The molecule has 2 aromatic heterocycles. The molecule has 0 saturated heterocycles. The third kappa shape index (κ3) is 3.60. The number of thiophene rings is 2. The SMILES string of the molecule is COc1ccc(-c2ccc(CCSC(C)=O)s2)s1. The highest BCUT2D eigenvalue weighted by Gasteiger charge is 2.06. The van der Waals surface area contributed by atoms with Crippen LogP contribution in [0.3, 0.4) is 0 Å². The number of rotatable bonds is 5. The Morgan fingerprint density at radius 1 is 1.22 bits per heavy atom. The predicted octanol–water partition coefficient (Wildman–Crippen LogP) is 4.31. The first-order valence-electron chi connectivity index (χ1n) is 5.55. The van der Waals surface area contributed by atoms with E-state index < -0.39 is 0 Å². The predicted molar refractivity (Wildman–Crippen MR) is 81.0 cm³/mol. The maximum atomic E-state index is 10.9. The highest BCUT2D eigenvalue weighted by atomic mass is 32.2. The van der Waals surface area contributed by atoms with Crippen molar-refractivity contribution in [2.45, 2.75) is 13.3 Å². The molecular weight excluding hydrogens is 284 g/mol. The van der Waals surface area contributed by atoms with Crippen molar-refractivity contribution >= 4 is 39.6 Å². The summed E-state index contributed by atoms with van der Waals surface area (Å²) in [5.74, 6) is 0.864. The van der Waals surface area contributed by atoms with Crippen LogP contribution < -0.4 is 4.74 Å². The first kappa shape index (κ1) is 13.6. The van der Waals surface area contributed by atoms with E-state index in [2.05, 4.69) is 18.2 Å². The van der Waals surface area contributed by atoms with E-state index >= 15 is 0 Å². The molecule has 0 bridgehead atoms. The number of thioether (sulfide) groups is 1. The second-order valence-electron chi connectivity index (χ2n) is 3.68. The molecule has 0 aliphatic carbocycles. The lowest BCUT2D eigenvalue weighted by Crippen LogP contribution is -1.88. The van der Waals surface area contributed by atoms with E-state index in [1.807, 2.05) is 6.07 Å². The topological polar surface area (TPSA) is 26.3 Å². The molecule has 2 nitrogen and oxygen atoms in total. The Kier molecular flexibility index (Phi) is 4.86. The minimum absolute atomic E-state index is 0.190. The van der Waals surface area contributed by atoms with Gasteiger partial charge in [0.25, 0.3) is 0 Å². The first-order chi connectivity index (χ1) is 8.69. The maximum absolute atomic E-state index is 10.9. The molecule has 96 valence electrons. The lowest BCUT2D eigenvalue weighted by atomic mass is 10.3. The Balaban J connectivity index is 1.99. The van der Waals surface area contributed by atoms with Crippen molar-refractivity contribution < 1.29 is 9.53 Å². The van der Waals surface area contributed by atoms with Gasteiger partial charge in [0.1, 0.15) is 0 Å². The summed E-state index contributed by atoms with van der Waals surface area (Å²) >= 11 is 4.84. The molecule has 0 atom stereocenters. The van der Waals surface area contributed by atoms with E-state index in [0.717, 1.165) is 17.2 Å². The molecule has 0 spiro atoms. The molecular formula is C13H14O2S3. The van der Waals surface area contributed by atoms with Crippen LogP contribution in [0.4, 0.5) is 0 Å². The van der Waals surface area contributed by atoms with Gasteiger partial charge < -0.3 is 4.74 Å². The van der Waals surface area contributed by atoms with Crippen LogP contribution in [-0.2, 0) is 11.2 Å². The Morgan fingerprint density at radius 2 is 1.94 bits per heavy atom. The van der Waals surface area contributed by atoms with Crippen molar-refractivity contribution in [3.05, 3.63) is 29.1 Å². The quantitative estimate of drug-likeness (QED) is 0.823. The van der Waals surface area contributed by atoms with Gasteiger partial charge in [-0.3, -0.25) is 4.79 Å². The fourth-order valence-electron chi connectivity index (χ4n) is 1.50. The molecule has 0 unspecified atom stereocenters. The fourth-order valence-corrected chi connectivity index (χ4v) is 4.16. The molecule has 2 aromatic rings. The molecule has 0 N–H and O–H groups in total. The summed E-state index contributed by atoms with van der Waals surface area (Å²) in [4.78, 5) is 14.7. The number of ether oxygens (including phenoxy) is 1. The summed E-state index contributed by atoms with van der Waals surface area (Å²) in [6.45, 7) is 1.61. The number of methoxy groups -OCH3 is 1. The minimum Gasteiger partial charge on any atom is -0.487 e. The monoisotopic (exact) mass is 298 g/mol. The number of hydrogen-bond donors (Lipinski definition) is 0. The number of aryl methyl sites for hydroxylation is 1. The average molecular weight is 298 g/mol. The first-order valence-corrected chi connectivity index (χ1v) is 8.17. The lowest BCUT2D eigenvalue weighted by molar-refractivity contribution is -0.109. The van der Waals surface area contributed by atoms with Crippen LogP contribution >= 0.6 is 34.4 Å². The second-order valence-corrected chi connectivity index (χ2v) is 7.17. The normalized spacial score (nSPS) is 10.6. The Bertz CT molecular complexity index is 528. The summed E-state index contributed by atoms with van der Waals surface area (Å²) in [5, 5.41) is 1.13. The van der Waals surface area contributed by atoms with E-state index in [9.17, 15) is 4.79 Å². The van der Waals surface area contributed by atoms with Gasteiger partial charge in [0.2, 0.25) is 0 Å². The second kappa shape index (κ2) is 6.41. The highest BCUT2D eigenvalue weighted by molar-refractivity contribution is 8.13. The summed E-state index contributed by atoms with van der Waals surface area (Å²) in [6.07, 6.45) is 0.956. The van der Waals surface area contributed by atoms with Crippen LogP contribution in [0.5, 0.6) is 5.06 Å². The average Bonchev–Trinajstić information content (AvgIpc) is 2.95. The van der Waals surface area contributed by atoms with Gasteiger partial charge in [0.05, 0.1) is 7.11 Å². The van der Waals surface area contributed by atoms with Crippen LogP contribution in [0.25, 0.3) is 9.75 Å². The largest absolute Gasteiger partial charge is 0.487 e. The lowest BCUT2D eigenvalue weighted by Gasteiger charge is -1.94. The molecule has 0 aromatic carbocycles. The van der Waals surface area contributed by atoms with E-state index in [4.69, 9.17) is 4.74 Å². The van der Waals surface area contributed by atoms with E-state index in [1.54, 1.807) is 36.7 Å². The Labute approximate surface area is 119 Å².